The average molecular weight is 240 g/mol. The summed E-state index contributed by atoms with van der Waals surface area (Å²) < 4.78 is 8.10. The second-order valence-corrected chi connectivity index (χ2v) is 11.5. The van der Waals surface area contributed by atoms with Crippen LogP contribution in [0.3, 0.4) is 0 Å². The predicted octanol–water partition coefficient (Wildman–Crippen LogP) is 2.44. The Morgan fingerprint density at radius 3 is 2.56 bits per heavy atom. The number of fused-ring (bicyclic) bond motifs is 1. The molecule has 0 bridgehead atoms. The minimum Gasteiger partial charge on any atom is -0.385 e. The zero-order chi connectivity index (χ0) is 12.0. The van der Waals surface area contributed by atoms with Gasteiger partial charge in [-0.05, 0) is 5.04 Å². The van der Waals surface area contributed by atoms with Gasteiger partial charge in [0.2, 0.25) is 0 Å². The Kier molecular flexibility index (Phi) is 2.83. The largest absolute Gasteiger partial charge is 0.385 e. The number of nitrogens with zero attached hydrogens (tertiary/aromatic N) is 2. The van der Waals surface area contributed by atoms with E-state index in [2.05, 4.69) is 49.5 Å². The first-order valence-electron chi connectivity index (χ1n) is 6.12. The molecule has 0 N–H and O–H groups in total. The molecule has 0 atom stereocenters. The number of hydrogen-bond donors (Lipinski definition) is 0. The number of morpholine rings is 1. The minimum absolute atomic E-state index is 0.402. The van der Waals surface area contributed by atoms with E-state index in [9.17, 15) is 0 Å². The van der Waals surface area contributed by atoms with Crippen LogP contribution in [0.25, 0.3) is 0 Å². The van der Waals surface area contributed by atoms with Gasteiger partial charge in [0.15, 0.2) is 8.24 Å². The van der Waals surface area contributed by atoms with Crippen molar-refractivity contribution >= 4 is 8.24 Å². The molecule has 92 valence electrons. The molecule has 2 rings (SSSR count). The van der Waals surface area contributed by atoms with E-state index in [0.29, 0.717) is 5.04 Å². The van der Waals surface area contributed by atoms with E-state index in [-0.39, 0.29) is 0 Å². The van der Waals surface area contributed by atoms with Crippen molar-refractivity contribution in [2.75, 3.05) is 26.4 Å². The fourth-order valence-electron chi connectivity index (χ4n) is 2.04. The van der Waals surface area contributed by atoms with Crippen LogP contribution < -0.4 is 0 Å². The third-order valence-corrected chi connectivity index (χ3v) is 9.72. The molecule has 0 unspecified atom stereocenters. The molecule has 1 fully saturated rings. The Bertz CT molecular complexity index is 307. The summed E-state index contributed by atoms with van der Waals surface area (Å²) in [6.07, 6.45) is 2.34. The summed E-state index contributed by atoms with van der Waals surface area (Å²) in [4.78, 5) is 2.46. The highest BCUT2D eigenvalue weighted by atomic mass is 28.3. The maximum absolute atomic E-state index is 5.51. The normalized spacial score (nSPS) is 22.2. The first-order valence-corrected chi connectivity index (χ1v) is 9.07. The first kappa shape index (κ1) is 12.0. The number of hydrogen-bond acceptors (Lipinski definition) is 3. The monoisotopic (exact) mass is 240 g/mol. The van der Waals surface area contributed by atoms with E-state index in [0.717, 1.165) is 26.4 Å². The summed E-state index contributed by atoms with van der Waals surface area (Å²) in [5.41, 5.74) is 1.37. The van der Waals surface area contributed by atoms with Gasteiger partial charge in [0.25, 0.3) is 0 Å². The van der Waals surface area contributed by atoms with Crippen LogP contribution in [0.4, 0.5) is 0 Å². The zero-order valence-corrected chi connectivity index (χ0v) is 12.2. The fraction of sp³-hybridized carbons (Fsp3) is 0.833. The topological polar surface area (TPSA) is 15.7 Å². The van der Waals surface area contributed by atoms with Gasteiger partial charge in [-0.1, -0.05) is 33.9 Å². The van der Waals surface area contributed by atoms with Crippen LogP contribution in [0.2, 0.25) is 18.1 Å². The highest BCUT2D eigenvalue weighted by molar-refractivity contribution is 6.77. The summed E-state index contributed by atoms with van der Waals surface area (Å²) in [7, 11) is -1.40. The lowest BCUT2D eigenvalue weighted by molar-refractivity contribution is 0.0751. The van der Waals surface area contributed by atoms with Crippen LogP contribution in [-0.4, -0.2) is 44.1 Å². The van der Waals surface area contributed by atoms with Crippen LogP contribution in [0.5, 0.6) is 0 Å². The first-order chi connectivity index (χ1) is 7.32. The highest BCUT2D eigenvalue weighted by Crippen LogP contribution is 2.40. The Morgan fingerprint density at radius 1 is 1.31 bits per heavy atom. The molecule has 0 aromatic carbocycles. The molecule has 4 heteroatoms. The van der Waals surface area contributed by atoms with Gasteiger partial charge in [0.05, 0.1) is 25.6 Å². The van der Waals surface area contributed by atoms with Gasteiger partial charge in [-0.2, -0.15) is 0 Å². The maximum atomic E-state index is 5.51. The molecular formula is C12H24N2OSi. The second-order valence-electron chi connectivity index (χ2n) is 6.36. The molecule has 2 aliphatic heterocycles. The van der Waals surface area contributed by atoms with E-state index in [1.807, 2.05) is 0 Å². The Balaban J connectivity index is 2.16. The fourth-order valence-corrected chi connectivity index (χ4v) is 3.90. The number of rotatable bonds is 1. The molecule has 0 spiro atoms. The summed E-state index contributed by atoms with van der Waals surface area (Å²) >= 11 is 0. The van der Waals surface area contributed by atoms with Crippen molar-refractivity contribution in [3.8, 4) is 0 Å². The van der Waals surface area contributed by atoms with Gasteiger partial charge in [0, 0.05) is 12.7 Å². The molecule has 2 heterocycles. The Morgan fingerprint density at radius 2 is 2.00 bits per heavy atom. The lowest BCUT2D eigenvalue weighted by Crippen LogP contribution is -2.53. The van der Waals surface area contributed by atoms with Gasteiger partial charge >= 0.3 is 0 Å². The molecule has 3 nitrogen and oxygen atoms in total. The van der Waals surface area contributed by atoms with Crippen molar-refractivity contribution in [2.24, 2.45) is 0 Å². The van der Waals surface area contributed by atoms with Crippen molar-refractivity contribution < 1.29 is 4.74 Å². The predicted molar refractivity (Wildman–Crippen MR) is 69.5 cm³/mol. The van der Waals surface area contributed by atoms with E-state index >= 15 is 0 Å². The molecular weight excluding hydrogens is 216 g/mol. The lowest BCUT2D eigenvalue weighted by Gasteiger charge is -2.44. The Hall–Kier alpha value is -0.483. The molecule has 1 saturated heterocycles. The third kappa shape index (κ3) is 1.89. The quantitative estimate of drug-likeness (QED) is 0.655. The maximum Gasteiger partial charge on any atom is 0.157 e. The molecule has 0 aromatic rings. The molecule has 0 radical (unpaired) electrons. The van der Waals surface area contributed by atoms with Gasteiger partial charge in [0.1, 0.15) is 0 Å². The van der Waals surface area contributed by atoms with E-state index < -0.39 is 8.24 Å². The van der Waals surface area contributed by atoms with Crippen LogP contribution in [0.15, 0.2) is 11.9 Å². The van der Waals surface area contributed by atoms with Crippen LogP contribution in [0.1, 0.15) is 20.8 Å². The summed E-state index contributed by atoms with van der Waals surface area (Å²) in [5.74, 6) is 0. The smallest absolute Gasteiger partial charge is 0.157 e. The van der Waals surface area contributed by atoms with E-state index in [1.165, 1.54) is 5.70 Å². The van der Waals surface area contributed by atoms with Crippen LogP contribution in [-0.2, 0) is 4.74 Å². The lowest BCUT2D eigenvalue weighted by atomic mass is 10.2. The minimum atomic E-state index is -1.40. The number of ether oxygens (including phenoxy) is 1. The molecule has 0 saturated carbocycles. The van der Waals surface area contributed by atoms with Crippen molar-refractivity contribution in [2.45, 2.75) is 38.9 Å². The molecule has 0 aliphatic carbocycles. The molecule has 16 heavy (non-hydrogen) atoms. The highest BCUT2D eigenvalue weighted by Gasteiger charge is 2.43. The van der Waals surface area contributed by atoms with Crippen LogP contribution >= 0.6 is 0 Å². The summed E-state index contributed by atoms with van der Waals surface area (Å²) in [5, 5.41) is 0.402. The second kappa shape index (κ2) is 3.77. The summed E-state index contributed by atoms with van der Waals surface area (Å²) in [6.45, 7) is 15.8. The molecule has 0 amide bonds. The van der Waals surface area contributed by atoms with Gasteiger partial charge < -0.3 is 14.2 Å². The zero-order valence-electron chi connectivity index (χ0n) is 11.2. The van der Waals surface area contributed by atoms with Crippen molar-refractivity contribution in [3.05, 3.63) is 11.9 Å². The van der Waals surface area contributed by atoms with Crippen molar-refractivity contribution in [1.82, 2.24) is 9.47 Å². The van der Waals surface area contributed by atoms with E-state index in [4.69, 9.17) is 4.74 Å². The summed E-state index contributed by atoms with van der Waals surface area (Å²) in [6, 6.07) is 0. The van der Waals surface area contributed by atoms with E-state index in [1.54, 1.807) is 0 Å². The third-order valence-electron chi connectivity index (χ3n) is 4.34. The van der Waals surface area contributed by atoms with Crippen molar-refractivity contribution in [1.29, 1.82) is 0 Å². The Labute approximate surface area is 100 Å². The van der Waals surface area contributed by atoms with Crippen LogP contribution in [0, 0.1) is 0 Å². The van der Waals surface area contributed by atoms with Crippen molar-refractivity contribution in [3.63, 3.8) is 0 Å². The van der Waals surface area contributed by atoms with Gasteiger partial charge in [-0.25, -0.2) is 0 Å². The molecule has 0 aromatic heterocycles. The SMILES string of the molecule is CC(C)(C)[Si](C)(C)N1C=C2COCCN2C1. The standard InChI is InChI=1S/C12H24N2OSi/c1-12(2,3)16(4,5)14-8-11-9-15-7-6-13(11)10-14/h8H,6-7,9-10H2,1-5H3. The average Bonchev–Trinajstić information content (AvgIpc) is 2.59. The molecule has 2 aliphatic rings. The van der Waals surface area contributed by atoms with Gasteiger partial charge in [-0.15, -0.1) is 0 Å². The van der Waals surface area contributed by atoms with Gasteiger partial charge in [-0.3, -0.25) is 0 Å².